The van der Waals surface area contributed by atoms with Crippen molar-refractivity contribution in [1.82, 2.24) is 10.2 Å². The number of aryl methyl sites for hydroxylation is 1. The van der Waals surface area contributed by atoms with Crippen molar-refractivity contribution in [3.8, 4) is 0 Å². The van der Waals surface area contributed by atoms with Gasteiger partial charge in [-0.25, -0.2) is 0 Å². The lowest BCUT2D eigenvalue weighted by Gasteiger charge is -2.26. The predicted octanol–water partition coefficient (Wildman–Crippen LogP) is 0.942. The highest BCUT2D eigenvalue weighted by molar-refractivity contribution is 5.81. The van der Waals surface area contributed by atoms with Gasteiger partial charge in [0.1, 0.15) is 6.04 Å². The molecule has 3 N–H and O–H groups in total. The standard InChI is InChI=1S/C16H27N3O2/c1-5-12-6-8-13(9-7-12)15(19(2)3)10-18-16(20)14(17)11-21-4/h6-9,14-15H,5,10-11,17H2,1-4H3,(H,18,20). The number of ether oxygens (including phenoxy) is 1. The number of nitrogens with one attached hydrogen (secondary N) is 1. The molecule has 1 aromatic carbocycles. The molecule has 5 heteroatoms. The van der Waals surface area contributed by atoms with Crippen LogP contribution in [0.15, 0.2) is 24.3 Å². The Morgan fingerprint density at radius 2 is 1.95 bits per heavy atom. The van der Waals surface area contributed by atoms with E-state index >= 15 is 0 Å². The number of carbonyl (C=O) groups is 1. The summed E-state index contributed by atoms with van der Waals surface area (Å²) in [6.45, 7) is 2.88. The third-order valence-electron chi connectivity index (χ3n) is 3.55. The maximum Gasteiger partial charge on any atom is 0.239 e. The second-order valence-corrected chi connectivity index (χ2v) is 5.38. The predicted molar refractivity (Wildman–Crippen MR) is 85.1 cm³/mol. The summed E-state index contributed by atoms with van der Waals surface area (Å²) in [5, 5.41) is 2.89. The molecule has 0 spiro atoms. The normalized spacial score (nSPS) is 14.0. The fraction of sp³-hybridized carbons (Fsp3) is 0.562. The average Bonchev–Trinajstić information content (AvgIpc) is 2.47. The van der Waals surface area contributed by atoms with E-state index in [-0.39, 0.29) is 18.6 Å². The molecule has 0 bridgehead atoms. The van der Waals surface area contributed by atoms with Gasteiger partial charge in [0.25, 0.3) is 0 Å². The minimum atomic E-state index is -0.625. The van der Waals surface area contributed by atoms with E-state index in [9.17, 15) is 4.79 Å². The van der Waals surface area contributed by atoms with E-state index in [0.717, 1.165) is 6.42 Å². The number of nitrogens with two attached hydrogens (primary N) is 1. The molecule has 0 aliphatic heterocycles. The van der Waals surface area contributed by atoms with E-state index in [0.29, 0.717) is 6.54 Å². The Bertz CT molecular complexity index is 432. The van der Waals surface area contributed by atoms with Crippen molar-refractivity contribution >= 4 is 5.91 Å². The Morgan fingerprint density at radius 1 is 1.33 bits per heavy atom. The van der Waals surface area contributed by atoms with E-state index in [1.807, 2.05) is 14.1 Å². The number of hydrogen-bond donors (Lipinski definition) is 2. The van der Waals surface area contributed by atoms with Crippen LogP contribution in [0.1, 0.15) is 24.1 Å². The molecule has 0 radical (unpaired) electrons. The minimum absolute atomic E-state index is 0.120. The first-order valence-electron chi connectivity index (χ1n) is 7.27. The molecule has 5 nitrogen and oxygen atoms in total. The van der Waals surface area contributed by atoms with Gasteiger partial charge in [-0.15, -0.1) is 0 Å². The van der Waals surface area contributed by atoms with Crippen LogP contribution in [-0.4, -0.2) is 51.2 Å². The van der Waals surface area contributed by atoms with Gasteiger partial charge in [-0.1, -0.05) is 31.2 Å². The molecule has 0 aliphatic rings. The van der Waals surface area contributed by atoms with Crippen molar-refractivity contribution in [3.05, 3.63) is 35.4 Å². The lowest BCUT2D eigenvalue weighted by atomic mass is 10.0. The molecule has 0 heterocycles. The van der Waals surface area contributed by atoms with Crippen LogP contribution in [0.5, 0.6) is 0 Å². The highest BCUT2D eigenvalue weighted by atomic mass is 16.5. The summed E-state index contributed by atoms with van der Waals surface area (Å²) in [4.78, 5) is 13.9. The third-order valence-corrected chi connectivity index (χ3v) is 3.55. The Morgan fingerprint density at radius 3 is 2.43 bits per heavy atom. The highest BCUT2D eigenvalue weighted by Gasteiger charge is 2.18. The monoisotopic (exact) mass is 293 g/mol. The number of rotatable bonds is 8. The number of nitrogens with zero attached hydrogens (tertiary/aromatic N) is 1. The molecule has 1 amide bonds. The molecule has 21 heavy (non-hydrogen) atoms. The second kappa shape index (κ2) is 8.77. The molecular formula is C16H27N3O2. The van der Waals surface area contributed by atoms with E-state index in [1.54, 1.807) is 0 Å². The van der Waals surface area contributed by atoms with Crippen LogP contribution < -0.4 is 11.1 Å². The molecule has 2 atom stereocenters. The van der Waals surface area contributed by atoms with Crippen LogP contribution in [0.3, 0.4) is 0 Å². The lowest BCUT2D eigenvalue weighted by molar-refractivity contribution is -0.123. The van der Waals surface area contributed by atoms with Gasteiger partial charge < -0.3 is 20.7 Å². The third kappa shape index (κ3) is 5.46. The van der Waals surface area contributed by atoms with E-state index in [2.05, 4.69) is 41.4 Å². The Labute approximate surface area is 127 Å². The van der Waals surface area contributed by atoms with Crippen molar-refractivity contribution < 1.29 is 9.53 Å². The van der Waals surface area contributed by atoms with Gasteiger partial charge in [0, 0.05) is 13.7 Å². The van der Waals surface area contributed by atoms with Gasteiger partial charge in [0.2, 0.25) is 5.91 Å². The molecule has 0 saturated carbocycles. The first kappa shape index (κ1) is 17.6. The average molecular weight is 293 g/mol. The van der Waals surface area contributed by atoms with Crippen LogP contribution in [0.4, 0.5) is 0 Å². The molecule has 0 aromatic heterocycles. The zero-order chi connectivity index (χ0) is 15.8. The summed E-state index contributed by atoms with van der Waals surface area (Å²) in [5.74, 6) is -0.186. The van der Waals surface area contributed by atoms with Crippen LogP contribution in [0, 0.1) is 0 Å². The fourth-order valence-electron chi connectivity index (χ4n) is 2.16. The van der Waals surface area contributed by atoms with E-state index in [1.165, 1.54) is 18.2 Å². The summed E-state index contributed by atoms with van der Waals surface area (Å²) in [6, 6.07) is 7.99. The quantitative estimate of drug-likeness (QED) is 0.748. The highest BCUT2D eigenvalue weighted by Crippen LogP contribution is 2.18. The molecule has 1 aromatic rings. The van der Waals surface area contributed by atoms with Gasteiger partial charge in [-0.2, -0.15) is 0 Å². The second-order valence-electron chi connectivity index (χ2n) is 5.38. The zero-order valence-corrected chi connectivity index (χ0v) is 13.4. The van der Waals surface area contributed by atoms with Gasteiger partial charge in [-0.05, 0) is 31.6 Å². The molecule has 0 fully saturated rings. The lowest BCUT2D eigenvalue weighted by Crippen LogP contribution is -2.45. The topological polar surface area (TPSA) is 67.6 Å². The van der Waals surface area contributed by atoms with Crippen molar-refractivity contribution in [2.75, 3.05) is 34.4 Å². The summed E-state index contributed by atoms with van der Waals surface area (Å²) >= 11 is 0. The number of likely N-dealkylation sites (N-methyl/N-ethyl adjacent to an activating group) is 1. The largest absolute Gasteiger partial charge is 0.383 e. The summed E-state index contributed by atoms with van der Waals surface area (Å²) in [7, 11) is 5.53. The molecule has 0 aliphatic carbocycles. The van der Waals surface area contributed by atoms with Crippen molar-refractivity contribution in [2.24, 2.45) is 5.73 Å². The smallest absolute Gasteiger partial charge is 0.239 e. The van der Waals surface area contributed by atoms with Gasteiger partial charge in [0.05, 0.1) is 12.6 Å². The van der Waals surface area contributed by atoms with E-state index in [4.69, 9.17) is 10.5 Å². The van der Waals surface area contributed by atoms with Crippen LogP contribution in [0.2, 0.25) is 0 Å². The first-order chi connectivity index (χ1) is 9.99. The molecular weight excluding hydrogens is 266 g/mol. The Kier molecular flexibility index (Phi) is 7.36. The fourth-order valence-corrected chi connectivity index (χ4v) is 2.16. The minimum Gasteiger partial charge on any atom is -0.383 e. The van der Waals surface area contributed by atoms with Gasteiger partial charge >= 0.3 is 0 Å². The van der Waals surface area contributed by atoms with Crippen LogP contribution in [0.25, 0.3) is 0 Å². The van der Waals surface area contributed by atoms with Crippen LogP contribution >= 0.6 is 0 Å². The number of hydrogen-bond acceptors (Lipinski definition) is 4. The number of methoxy groups -OCH3 is 1. The first-order valence-corrected chi connectivity index (χ1v) is 7.27. The van der Waals surface area contributed by atoms with Crippen LogP contribution in [-0.2, 0) is 16.0 Å². The molecule has 0 saturated heterocycles. The van der Waals surface area contributed by atoms with Crippen molar-refractivity contribution in [1.29, 1.82) is 0 Å². The SMILES string of the molecule is CCc1ccc(C(CNC(=O)C(N)COC)N(C)C)cc1. The van der Waals surface area contributed by atoms with Gasteiger partial charge in [-0.3, -0.25) is 4.79 Å². The number of carbonyl (C=O) groups excluding carboxylic acids is 1. The molecule has 118 valence electrons. The zero-order valence-electron chi connectivity index (χ0n) is 13.4. The van der Waals surface area contributed by atoms with Crippen molar-refractivity contribution in [3.63, 3.8) is 0 Å². The summed E-state index contributed by atoms with van der Waals surface area (Å²) in [5.41, 5.74) is 8.20. The maximum atomic E-state index is 11.9. The molecule has 1 rings (SSSR count). The summed E-state index contributed by atoms with van der Waals surface area (Å²) in [6.07, 6.45) is 1.02. The van der Waals surface area contributed by atoms with E-state index < -0.39 is 6.04 Å². The van der Waals surface area contributed by atoms with Gasteiger partial charge in [0.15, 0.2) is 0 Å². The maximum absolute atomic E-state index is 11.9. The Balaban J connectivity index is 2.67. The van der Waals surface area contributed by atoms with Crippen molar-refractivity contribution in [2.45, 2.75) is 25.4 Å². The summed E-state index contributed by atoms with van der Waals surface area (Å²) < 4.78 is 4.89. The molecule has 2 unspecified atom stereocenters. The number of amides is 1. The number of benzene rings is 1. The Hall–Kier alpha value is -1.43.